The predicted molar refractivity (Wildman–Crippen MR) is 122 cm³/mol. The molecular formula is C24H27N3O2S. The SMILES string of the molecule is NCc1cccc(CNc2cccc(-c3ccc(S(=O)(=O)N4CCCC4)cc3)c2)c1. The number of nitrogens with two attached hydrogens (primary N) is 1. The molecule has 6 heteroatoms. The molecule has 5 nitrogen and oxygen atoms in total. The van der Waals surface area contributed by atoms with Crippen LogP contribution in [0.25, 0.3) is 11.1 Å². The maximum atomic E-state index is 12.7. The second kappa shape index (κ2) is 9.00. The summed E-state index contributed by atoms with van der Waals surface area (Å²) in [6, 6.07) is 23.6. The van der Waals surface area contributed by atoms with Crippen LogP contribution in [0, 0.1) is 0 Å². The van der Waals surface area contributed by atoms with E-state index in [1.54, 1.807) is 16.4 Å². The largest absolute Gasteiger partial charge is 0.381 e. The smallest absolute Gasteiger partial charge is 0.243 e. The predicted octanol–water partition coefficient (Wildman–Crippen LogP) is 4.21. The van der Waals surface area contributed by atoms with Crippen LogP contribution in [-0.2, 0) is 23.1 Å². The number of nitrogens with one attached hydrogen (secondary N) is 1. The van der Waals surface area contributed by atoms with Crippen molar-refractivity contribution in [1.29, 1.82) is 0 Å². The molecule has 0 aliphatic carbocycles. The van der Waals surface area contributed by atoms with Gasteiger partial charge in [0.25, 0.3) is 0 Å². The van der Waals surface area contributed by atoms with Crippen molar-refractivity contribution in [1.82, 2.24) is 4.31 Å². The van der Waals surface area contributed by atoms with Crippen LogP contribution >= 0.6 is 0 Å². The molecular weight excluding hydrogens is 394 g/mol. The molecule has 1 aliphatic heterocycles. The van der Waals surface area contributed by atoms with Gasteiger partial charge in [-0.1, -0.05) is 48.5 Å². The van der Waals surface area contributed by atoms with Gasteiger partial charge in [-0.3, -0.25) is 0 Å². The zero-order valence-electron chi connectivity index (χ0n) is 16.9. The van der Waals surface area contributed by atoms with E-state index in [0.717, 1.165) is 35.2 Å². The Labute approximate surface area is 178 Å². The third-order valence-corrected chi connectivity index (χ3v) is 7.39. The molecule has 0 aromatic heterocycles. The molecule has 3 aromatic carbocycles. The summed E-state index contributed by atoms with van der Waals surface area (Å²) in [6.07, 6.45) is 1.88. The number of nitrogens with zero attached hydrogens (tertiary/aromatic N) is 1. The van der Waals surface area contributed by atoms with Crippen LogP contribution in [0.5, 0.6) is 0 Å². The summed E-state index contributed by atoms with van der Waals surface area (Å²) >= 11 is 0. The normalized spacial score (nSPS) is 14.7. The second-order valence-electron chi connectivity index (χ2n) is 7.59. The first-order chi connectivity index (χ1) is 14.6. The summed E-state index contributed by atoms with van der Waals surface area (Å²) in [7, 11) is -3.38. The molecule has 0 amide bonds. The molecule has 3 N–H and O–H groups in total. The Kier molecular flexibility index (Phi) is 6.18. The Morgan fingerprint density at radius 3 is 2.27 bits per heavy atom. The highest BCUT2D eigenvalue weighted by molar-refractivity contribution is 7.89. The number of anilines is 1. The minimum Gasteiger partial charge on any atom is -0.381 e. The van der Waals surface area contributed by atoms with Gasteiger partial charge in [0.05, 0.1) is 4.90 Å². The maximum absolute atomic E-state index is 12.7. The lowest BCUT2D eigenvalue weighted by molar-refractivity contribution is 0.477. The fraction of sp³-hybridized carbons (Fsp3) is 0.250. The van der Waals surface area contributed by atoms with Gasteiger partial charge in [-0.2, -0.15) is 4.31 Å². The molecule has 0 radical (unpaired) electrons. The molecule has 30 heavy (non-hydrogen) atoms. The van der Waals surface area contributed by atoms with Gasteiger partial charge in [-0.05, 0) is 59.4 Å². The van der Waals surface area contributed by atoms with E-state index < -0.39 is 10.0 Å². The number of hydrogen-bond acceptors (Lipinski definition) is 4. The maximum Gasteiger partial charge on any atom is 0.243 e. The highest BCUT2D eigenvalue weighted by Gasteiger charge is 2.26. The molecule has 0 unspecified atom stereocenters. The van der Waals surface area contributed by atoms with Crippen molar-refractivity contribution in [3.63, 3.8) is 0 Å². The average molecular weight is 422 g/mol. The van der Waals surface area contributed by atoms with Gasteiger partial charge in [0.1, 0.15) is 0 Å². The monoisotopic (exact) mass is 421 g/mol. The Hall–Kier alpha value is -2.67. The molecule has 1 heterocycles. The Morgan fingerprint density at radius 2 is 1.53 bits per heavy atom. The third kappa shape index (κ3) is 4.56. The fourth-order valence-electron chi connectivity index (χ4n) is 3.78. The van der Waals surface area contributed by atoms with Crippen LogP contribution in [0.2, 0.25) is 0 Å². The fourth-order valence-corrected chi connectivity index (χ4v) is 5.29. The van der Waals surface area contributed by atoms with Crippen molar-refractivity contribution >= 4 is 15.7 Å². The van der Waals surface area contributed by atoms with Crippen molar-refractivity contribution in [3.05, 3.63) is 83.9 Å². The van der Waals surface area contributed by atoms with Gasteiger partial charge in [-0.25, -0.2) is 8.42 Å². The third-order valence-electron chi connectivity index (χ3n) is 5.48. The van der Waals surface area contributed by atoms with Gasteiger partial charge in [-0.15, -0.1) is 0 Å². The van der Waals surface area contributed by atoms with Crippen LogP contribution in [0.4, 0.5) is 5.69 Å². The van der Waals surface area contributed by atoms with Gasteiger partial charge >= 0.3 is 0 Å². The average Bonchev–Trinajstić information content (AvgIpc) is 3.34. The molecule has 4 rings (SSSR count). The highest BCUT2D eigenvalue weighted by Crippen LogP contribution is 2.26. The van der Waals surface area contributed by atoms with Gasteiger partial charge < -0.3 is 11.1 Å². The van der Waals surface area contributed by atoms with E-state index in [1.807, 2.05) is 42.5 Å². The minimum absolute atomic E-state index is 0.363. The van der Waals surface area contributed by atoms with Gasteiger partial charge in [0.2, 0.25) is 10.0 Å². The van der Waals surface area contributed by atoms with Crippen molar-refractivity contribution in [2.75, 3.05) is 18.4 Å². The lowest BCUT2D eigenvalue weighted by Gasteiger charge is -2.15. The highest BCUT2D eigenvalue weighted by atomic mass is 32.2. The van der Waals surface area contributed by atoms with E-state index >= 15 is 0 Å². The molecule has 0 spiro atoms. The minimum atomic E-state index is -3.38. The zero-order valence-corrected chi connectivity index (χ0v) is 17.7. The van der Waals surface area contributed by atoms with Crippen LogP contribution in [0.15, 0.2) is 77.7 Å². The standard InChI is InChI=1S/C24H27N3O2S/c25-17-19-5-3-6-20(15-19)18-26-23-8-4-7-22(16-23)21-9-11-24(12-10-21)30(28,29)27-13-1-2-14-27/h3-12,15-16,26H,1-2,13-14,17-18,25H2. The van der Waals surface area contributed by atoms with Crippen LogP contribution in [0.1, 0.15) is 24.0 Å². The topological polar surface area (TPSA) is 75.4 Å². The summed E-state index contributed by atoms with van der Waals surface area (Å²) in [6.45, 7) is 2.48. The number of rotatable bonds is 7. The first kappa shape index (κ1) is 20.6. The van der Waals surface area contributed by atoms with Crippen molar-refractivity contribution in [2.45, 2.75) is 30.8 Å². The Balaban J connectivity index is 1.48. The summed E-state index contributed by atoms with van der Waals surface area (Å²) in [4.78, 5) is 0.363. The quantitative estimate of drug-likeness (QED) is 0.599. The lowest BCUT2D eigenvalue weighted by Crippen LogP contribution is -2.27. The van der Waals surface area contributed by atoms with Crippen LogP contribution < -0.4 is 11.1 Å². The van der Waals surface area contributed by atoms with Gasteiger partial charge in [0, 0.05) is 31.9 Å². The molecule has 1 fully saturated rings. The molecule has 156 valence electrons. The number of sulfonamides is 1. The molecule has 3 aromatic rings. The molecule has 1 aliphatic rings. The van der Waals surface area contributed by atoms with E-state index in [9.17, 15) is 8.42 Å². The van der Waals surface area contributed by atoms with Crippen molar-refractivity contribution < 1.29 is 8.42 Å². The van der Waals surface area contributed by atoms with E-state index in [4.69, 9.17) is 5.73 Å². The zero-order chi connectivity index (χ0) is 21.0. The molecule has 0 atom stereocenters. The number of hydrogen-bond donors (Lipinski definition) is 2. The Morgan fingerprint density at radius 1 is 0.833 bits per heavy atom. The summed E-state index contributed by atoms with van der Waals surface area (Å²) in [5.41, 5.74) is 11.1. The van der Waals surface area contributed by atoms with E-state index in [1.165, 1.54) is 5.56 Å². The van der Waals surface area contributed by atoms with Crippen molar-refractivity contribution in [2.24, 2.45) is 5.73 Å². The summed E-state index contributed by atoms with van der Waals surface area (Å²) in [5.74, 6) is 0. The number of benzene rings is 3. The summed E-state index contributed by atoms with van der Waals surface area (Å²) < 4.78 is 27.0. The van der Waals surface area contributed by atoms with Gasteiger partial charge in [0.15, 0.2) is 0 Å². The summed E-state index contributed by atoms with van der Waals surface area (Å²) in [5, 5.41) is 3.45. The van der Waals surface area contributed by atoms with E-state index in [-0.39, 0.29) is 0 Å². The molecule has 0 saturated carbocycles. The first-order valence-corrected chi connectivity index (χ1v) is 11.7. The molecule has 0 bridgehead atoms. The first-order valence-electron chi connectivity index (χ1n) is 10.3. The van der Waals surface area contributed by atoms with Crippen molar-refractivity contribution in [3.8, 4) is 11.1 Å². The Bertz CT molecular complexity index is 1110. The van der Waals surface area contributed by atoms with Crippen LogP contribution in [0.3, 0.4) is 0 Å². The van der Waals surface area contributed by atoms with E-state index in [0.29, 0.717) is 31.1 Å². The molecule has 1 saturated heterocycles. The van der Waals surface area contributed by atoms with E-state index in [2.05, 4.69) is 23.5 Å². The second-order valence-corrected chi connectivity index (χ2v) is 9.53. The lowest BCUT2D eigenvalue weighted by atomic mass is 10.1. The van der Waals surface area contributed by atoms with Crippen LogP contribution in [-0.4, -0.2) is 25.8 Å².